The van der Waals surface area contributed by atoms with Crippen LogP contribution < -0.4 is 0 Å². The maximum atomic E-state index is 12.1. The van der Waals surface area contributed by atoms with Crippen LogP contribution in [0.2, 0.25) is 0 Å². The summed E-state index contributed by atoms with van der Waals surface area (Å²) in [6, 6.07) is 0. The molecule has 0 fully saturated rings. The van der Waals surface area contributed by atoms with E-state index >= 15 is 0 Å². The van der Waals surface area contributed by atoms with Gasteiger partial charge in [0.2, 0.25) is 0 Å². The van der Waals surface area contributed by atoms with Gasteiger partial charge in [-0.3, -0.25) is 0 Å². The molecule has 0 aromatic heterocycles. The van der Waals surface area contributed by atoms with Crippen LogP contribution in [-0.4, -0.2) is 12.4 Å². The van der Waals surface area contributed by atoms with Gasteiger partial charge in [-0.15, -0.1) is 0 Å². The Balaban J connectivity index is 2.90. The molecule has 0 N–H and O–H groups in total. The molecule has 80 valence electrons. The summed E-state index contributed by atoms with van der Waals surface area (Å²) in [6.07, 6.45) is -7.96. The molecule has 0 nitrogen and oxygen atoms in total. The topological polar surface area (TPSA) is 0 Å². The predicted octanol–water partition coefficient (Wildman–Crippen LogP) is 3.61. The second-order valence-corrected chi connectivity index (χ2v) is 2.91. The molecule has 1 rings (SSSR count). The van der Waals surface area contributed by atoms with E-state index in [2.05, 4.69) is 0 Å². The van der Waals surface area contributed by atoms with Gasteiger partial charge in [0.1, 0.15) is 0 Å². The average molecular weight is 216 g/mol. The first-order chi connectivity index (χ1) is 6.21. The number of hydrogen-bond acceptors (Lipinski definition) is 0. The highest BCUT2D eigenvalue weighted by molar-refractivity contribution is 5.28. The van der Waals surface area contributed by atoms with Crippen LogP contribution in [-0.2, 0) is 0 Å². The molecule has 0 saturated heterocycles. The molecule has 0 aromatic rings. The largest absolute Gasteiger partial charge is 0.416 e. The zero-order chi connectivity index (χ0) is 11.0. The molecule has 0 aliphatic heterocycles. The number of alkyl halides is 6. The summed E-state index contributed by atoms with van der Waals surface area (Å²) in [5, 5.41) is 0. The number of hydrogen-bond donors (Lipinski definition) is 0. The fourth-order valence-corrected chi connectivity index (χ4v) is 1.10. The molecule has 6 heteroatoms. The maximum absolute atomic E-state index is 12.1. The quantitative estimate of drug-likeness (QED) is 0.542. The molecule has 1 atom stereocenters. The summed E-state index contributed by atoms with van der Waals surface area (Å²) in [7, 11) is 0. The molecule has 1 aliphatic rings. The molecule has 0 amide bonds. The lowest BCUT2D eigenvalue weighted by atomic mass is 9.95. The van der Waals surface area contributed by atoms with Crippen molar-refractivity contribution < 1.29 is 26.3 Å². The molecule has 0 aromatic carbocycles. The minimum Gasteiger partial charge on any atom is -0.170 e. The van der Waals surface area contributed by atoms with Crippen molar-refractivity contribution >= 4 is 0 Å². The summed E-state index contributed by atoms with van der Waals surface area (Å²) in [5.41, 5.74) is -1.23. The van der Waals surface area contributed by atoms with Crippen molar-refractivity contribution in [2.45, 2.75) is 18.8 Å². The molecule has 1 aliphatic carbocycles. The van der Waals surface area contributed by atoms with Gasteiger partial charge < -0.3 is 0 Å². The fourth-order valence-electron chi connectivity index (χ4n) is 1.10. The van der Waals surface area contributed by atoms with Crippen molar-refractivity contribution in [2.75, 3.05) is 0 Å². The monoisotopic (exact) mass is 216 g/mol. The SMILES string of the molecule is FC(F)(F)C1=CC(C(F)(F)F)CC=C1. The average Bonchev–Trinajstić information content (AvgIpc) is 2.01. The van der Waals surface area contributed by atoms with Crippen LogP contribution in [0.1, 0.15) is 6.42 Å². The Hall–Kier alpha value is -0.940. The second-order valence-electron chi connectivity index (χ2n) is 2.91. The maximum Gasteiger partial charge on any atom is 0.416 e. The zero-order valence-electron chi connectivity index (χ0n) is 6.78. The second kappa shape index (κ2) is 3.33. The van der Waals surface area contributed by atoms with E-state index < -0.39 is 30.3 Å². The highest BCUT2D eigenvalue weighted by Gasteiger charge is 2.42. The zero-order valence-corrected chi connectivity index (χ0v) is 6.78. The van der Waals surface area contributed by atoms with Crippen molar-refractivity contribution in [3.05, 3.63) is 23.8 Å². The molecule has 14 heavy (non-hydrogen) atoms. The van der Waals surface area contributed by atoms with E-state index in [9.17, 15) is 26.3 Å². The first-order valence-corrected chi connectivity index (χ1v) is 3.73. The van der Waals surface area contributed by atoms with E-state index in [-0.39, 0.29) is 6.08 Å². The van der Waals surface area contributed by atoms with Crippen molar-refractivity contribution in [3.8, 4) is 0 Å². The minimum atomic E-state index is -4.71. The van der Waals surface area contributed by atoms with Crippen molar-refractivity contribution in [2.24, 2.45) is 5.92 Å². The van der Waals surface area contributed by atoms with E-state index in [1.807, 2.05) is 0 Å². The Morgan fingerprint density at radius 3 is 2.07 bits per heavy atom. The summed E-state index contributed by atoms with van der Waals surface area (Å²) in [6.45, 7) is 0. The van der Waals surface area contributed by atoms with E-state index in [4.69, 9.17) is 0 Å². The van der Waals surface area contributed by atoms with E-state index in [1.165, 1.54) is 0 Å². The molecule has 0 bridgehead atoms. The minimum absolute atomic E-state index is 0.222. The molecular weight excluding hydrogens is 210 g/mol. The van der Waals surface area contributed by atoms with Gasteiger partial charge in [0.25, 0.3) is 0 Å². The third-order valence-electron chi connectivity index (χ3n) is 1.82. The van der Waals surface area contributed by atoms with Gasteiger partial charge in [0.15, 0.2) is 0 Å². The Labute approximate surface area is 75.9 Å². The highest BCUT2D eigenvalue weighted by Crippen LogP contribution is 2.37. The Kier molecular flexibility index (Phi) is 2.65. The summed E-state index contributed by atoms with van der Waals surface area (Å²) in [5.74, 6) is -2.02. The van der Waals surface area contributed by atoms with Crippen molar-refractivity contribution in [1.82, 2.24) is 0 Å². The predicted molar refractivity (Wildman–Crippen MR) is 37.4 cm³/mol. The number of allylic oxidation sites excluding steroid dienone is 4. The van der Waals surface area contributed by atoms with Gasteiger partial charge in [0.05, 0.1) is 11.5 Å². The van der Waals surface area contributed by atoms with Crippen LogP contribution >= 0.6 is 0 Å². The standard InChI is InChI=1S/C8H6F6/c9-7(10,11)5-2-1-3-6(4-5)8(12,13)14/h1-2,4,6H,3H2. The lowest BCUT2D eigenvalue weighted by Crippen LogP contribution is -2.24. The Morgan fingerprint density at radius 2 is 1.64 bits per heavy atom. The normalized spacial score (nSPS) is 23.6. The van der Waals surface area contributed by atoms with E-state index in [0.717, 1.165) is 6.08 Å². The Morgan fingerprint density at radius 1 is 1.07 bits per heavy atom. The van der Waals surface area contributed by atoms with Crippen LogP contribution in [0.15, 0.2) is 23.8 Å². The molecule has 0 heterocycles. The van der Waals surface area contributed by atoms with Gasteiger partial charge >= 0.3 is 12.4 Å². The highest BCUT2D eigenvalue weighted by atomic mass is 19.4. The van der Waals surface area contributed by atoms with E-state index in [1.54, 1.807) is 0 Å². The summed E-state index contributed by atoms with van der Waals surface area (Å²) in [4.78, 5) is 0. The number of halogens is 6. The molecule has 0 spiro atoms. The lowest BCUT2D eigenvalue weighted by molar-refractivity contribution is -0.161. The number of rotatable bonds is 0. The first kappa shape index (κ1) is 11.1. The van der Waals surface area contributed by atoms with Gasteiger partial charge in [-0.25, -0.2) is 0 Å². The lowest BCUT2D eigenvalue weighted by Gasteiger charge is -2.20. The van der Waals surface area contributed by atoms with Gasteiger partial charge in [-0.2, -0.15) is 26.3 Å². The molecule has 0 radical (unpaired) electrons. The summed E-state index contributed by atoms with van der Waals surface area (Å²) < 4.78 is 72.2. The van der Waals surface area contributed by atoms with Gasteiger partial charge in [0, 0.05) is 0 Å². The van der Waals surface area contributed by atoms with Crippen LogP contribution in [0.5, 0.6) is 0 Å². The molecule has 0 saturated carbocycles. The third-order valence-corrected chi connectivity index (χ3v) is 1.82. The van der Waals surface area contributed by atoms with Gasteiger partial charge in [-0.05, 0) is 6.42 Å². The van der Waals surface area contributed by atoms with Crippen molar-refractivity contribution in [3.63, 3.8) is 0 Å². The smallest absolute Gasteiger partial charge is 0.170 e. The van der Waals surface area contributed by atoms with Crippen molar-refractivity contribution in [1.29, 1.82) is 0 Å². The first-order valence-electron chi connectivity index (χ1n) is 3.73. The molecular formula is C8H6F6. The Bertz CT molecular complexity index is 267. The summed E-state index contributed by atoms with van der Waals surface area (Å²) >= 11 is 0. The van der Waals surface area contributed by atoms with Gasteiger partial charge in [-0.1, -0.05) is 18.2 Å². The van der Waals surface area contributed by atoms with Crippen LogP contribution in [0.4, 0.5) is 26.3 Å². The molecule has 1 unspecified atom stereocenters. The van der Waals surface area contributed by atoms with Crippen LogP contribution in [0.3, 0.4) is 0 Å². The third kappa shape index (κ3) is 2.52. The van der Waals surface area contributed by atoms with Crippen LogP contribution in [0.25, 0.3) is 0 Å². The van der Waals surface area contributed by atoms with Crippen LogP contribution in [0, 0.1) is 5.92 Å². The fraction of sp³-hybridized carbons (Fsp3) is 0.500. The van der Waals surface area contributed by atoms with E-state index in [0.29, 0.717) is 6.08 Å².